The van der Waals surface area contributed by atoms with Gasteiger partial charge in [-0.25, -0.2) is 4.98 Å². The average molecular weight is 429 g/mol. The molecule has 0 saturated heterocycles. The van der Waals surface area contributed by atoms with Crippen LogP contribution in [0, 0.1) is 12.8 Å². The van der Waals surface area contributed by atoms with Crippen LogP contribution in [0.15, 0.2) is 40.8 Å². The van der Waals surface area contributed by atoms with Gasteiger partial charge in [0.25, 0.3) is 0 Å². The van der Waals surface area contributed by atoms with E-state index in [1.807, 2.05) is 32.0 Å². The van der Waals surface area contributed by atoms with E-state index in [0.29, 0.717) is 41.9 Å². The summed E-state index contributed by atoms with van der Waals surface area (Å²) in [6.07, 6.45) is 2.64. The SMILES string of the molecule is Cc1cccc(Cc2nc(-c3ccc(OC(F)F)c(OCC4CC4)c3)oc2C(C)N)n1. The van der Waals surface area contributed by atoms with Gasteiger partial charge in [-0.05, 0) is 62.9 Å². The van der Waals surface area contributed by atoms with Gasteiger partial charge in [0.05, 0.1) is 18.3 Å². The summed E-state index contributed by atoms with van der Waals surface area (Å²) in [5, 5.41) is 0. The van der Waals surface area contributed by atoms with Gasteiger partial charge in [-0.2, -0.15) is 8.78 Å². The van der Waals surface area contributed by atoms with Crippen molar-refractivity contribution in [3.63, 3.8) is 0 Å². The minimum Gasteiger partial charge on any atom is -0.489 e. The Morgan fingerprint density at radius 2 is 1.97 bits per heavy atom. The zero-order valence-corrected chi connectivity index (χ0v) is 17.5. The Morgan fingerprint density at radius 3 is 2.65 bits per heavy atom. The van der Waals surface area contributed by atoms with E-state index in [4.69, 9.17) is 14.9 Å². The number of aromatic nitrogens is 2. The van der Waals surface area contributed by atoms with E-state index in [1.165, 1.54) is 6.07 Å². The topological polar surface area (TPSA) is 83.4 Å². The highest BCUT2D eigenvalue weighted by atomic mass is 19.3. The molecular formula is C23H25F2N3O3. The first-order chi connectivity index (χ1) is 14.9. The van der Waals surface area contributed by atoms with Crippen molar-refractivity contribution in [1.82, 2.24) is 9.97 Å². The minimum absolute atomic E-state index is 0.0115. The fraction of sp³-hybridized carbons (Fsp3) is 0.391. The van der Waals surface area contributed by atoms with Gasteiger partial charge in [0, 0.05) is 23.4 Å². The lowest BCUT2D eigenvalue weighted by Gasteiger charge is -2.12. The molecule has 1 aliphatic rings. The number of oxazole rings is 1. The number of alkyl halides is 2. The molecule has 0 radical (unpaired) electrons. The fourth-order valence-corrected chi connectivity index (χ4v) is 3.28. The molecule has 3 aromatic rings. The molecule has 1 fully saturated rings. The normalized spacial score (nSPS) is 14.6. The molecule has 2 heterocycles. The van der Waals surface area contributed by atoms with Gasteiger partial charge >= 0.3 is 6.61 Å². The molecule has 2 aromatic heterocycles. The zero-order chi connectivity index (χ0) is 22.0. The van der Waals surface area contributed by atoms with Gasteiger partial charge in [0.15, 0.2) is 11.5 Å². The van der Waals surface area contributed by atoms with Crippen LogP contribution >= 0.6 is 0 Å². The van der Waals surface area contributed by atoms with Crippen molar-refractivity contribution < 1.29 is 22.7 Å². The highest BCUT2D eigenvalue weighted by Gasteiger charge is 2.24. The number of nitrogens with zero attached hydrogens (tertiary/aromatic N) is 2. The number of halogens is 2. The summed E-state index contributed by atoms with van der Waals surface area (Å²) in [5.74, 6) is 1.60. The number of benzene rings is 1. The third-order valence-electron chi connectivity index (χ3n) is 5.01. The first-order valence-electron chi connectivity index (χ1n) is 10.3. The van der Waals surface area contributed by atoms with Crippen molar-refractivity contribution in [2.24, 2.45) is 11.7 Å². The number of rotatable bonds is 9. The summed E-state index contributed by atoms with van der Waals surface area (Å²) in [5.41, 5.74) is 9.16. The van der Waals surface area contributed by atoms with Crippen LogP contribution in [0.25, 0.3) is 11.5 Å². The van der Waals surface area contributed by atoms with Crippen LogP contribution in [0.3, 0.4) is 0 Å². The lowest BCUT2D eigenvalue weighted by atomic mass is 10.1. The van der Waals surface area contributed by atoms with Crippen LogP contribution in [0.2, 0.25) is 0 Å². The van der Waals surface area contributed by atoms with Crippen LogP contribution in [-0.4, -0.2) is 23.2 Å². The molecule has 4 rings (SSSR count). The maximum Gasteiger partial charge on any atom is 0.387 e. The molecule has 0 bridgehead atoms. The smallest absolute Gasteiger partial charge is 0.387 e. The van der Waals surface area contributed by atoms with Crippen LogP contribution in [0.4, 0.5) is 8.78 Å². The molecule has 6 nitrogen and oxygen atoms in total. The molecule has 1 atom stereocenters. The standard InChI is InChI=1S/C23H25F2N3O3/c1-13-4-3-5-17(27-13)11-18-21(14(2)26)31-22(28-18)16-8-9-19(30-23(24)25)20(10-16)29-12-15-6-7-15/h3-5,8-10,14-15,23H,6-7,11-12,26H2,1-2H3. The molecule has 1 aromatic carbocycles. The third-order valence-corrected chi connectivity index (χ3v) is 5.01. The van der Waals surface area contributed by atoms with Crippen molar-refractivity contribution in [3.8, 4) is 23.0 Å². The number of ether oxygens (including phenoxy) is 2. The summed E-state index contributed by atoms with van der Waals surface area (Å²) < 4.78 is 41.9. The second-order valence-electron chi connectivity index (χ2n) is 7.86. The summed E-state index contributed by atoms with van der Waals surface area (Å²) in [6, 6.07) is 10.1. The molecular weight excluding hydrogens is 404 g/mol. The van der Waals surface area contributed by atoms with Crippen LogP contribution in [0.5, 0.6) is 11.5 Å². The minimum atomic E-state index is -2.94. The van der Waals surface area contributed by atoms with E-state index < -0.39 is 6.61 Å². The third kappa shape index (κ3) is 5.38. The van der Waals surface area contributed by atoms with E-state index in [9.17, 15) is 8.78 Å². The lowest BCUT2D eigenvalue weighted by Crippen LogP contribution is -2.07. The van der Waals surface area contributed by atoms with Crippen LogP contribution in [0.1, 0.15) is 48.6 Å². The summed E-state index contributed by atoms with van der Waals surface area (Å²) in [7, 11) is 0. The molecule has 0 spiro atoms. The molecule has 1 aliphatic carbocycles. The summed E-state index contributed by atoms with van der Waals surface area (Å²) in [6.45, 7) is 1.27. The van der Waals surface area contributed by atoms with Gasteiger partial charge < -0.3 is 19.6 Å². The van der Waals surface area contributed by atoms with E-state index >= 15 is 0 Å². The van der Waals surface area contributed by atoms with E-state index in [2.05, 4.69) is 14.7 Å². The maximum atomic E-state index is 12.8. The Hall–Kier alpha value is -3.00. The maximum absolute atomic E-state index is 12.8. The van der Waals surface area contributed by atoms with Gasteiger partial charge in [0.1, 0.15) is 5.76 Å². The predicted molar refractivity (Wildman–Crippen MR) is 111 cm³/mol. The van der Waals surface area contributed by atoms with Crippen molar-refractivity contribution in [3.05, 3.63) is 59.2 Å². The first kappa shape index (κ1) is 21.2. The van der Waals surface area contributed by atoms with Gasteiger partial charge in [-0.1, -0.05) is 6.07 Å². The first-order valence-corrected chi connectivity index (χ1v) is 10.3. The number of nitrogens with two attached hydrogens (primary N) is 1. The van der Waals surface area contributed by atoms with Crippen molar-refractivity contribution in [1.29, 1.82) is 0 Å². The van der Waals surface area contributed by atoms with Gasteiger partial charge in [-0.15, -0.1) is 0 Å². The highest BCUT2D eigenvalue weighted by molar-refractivity contribution is 5.60. The largest absolute Gasteiger partial charge is 0.489 e. The van der Waals surface area contributed by atoms with Crippen molar-refractivity contribution in [2.75, 3.05) is 6.61 Å². The van der Waals surface area contributed by atoms with E-state index in [0.717, 1.165) is 24.2 Å². The van der Waals surface area contributed by atoms with Crippen LogP contribution < -0.4 is 15.2 Å². The molecule has 1 saturated carbocycles. The second kappa shape index (κ2) is 9.01. The van der Waals surface area contributed by atoms with E-state index in [1.54, 1.807) is 12.1 Å². The molecule has 164 valence electrons. The van der Waals surface area contributed by atoms with E-state index in [-0.39, 0.29) is 17.5 Å². The molecule has 2 N–H and O–H groups in total. The number of aryl methyl sites for hydroxylation is 1. The molecule has 0 aliphatic heterocycles. The zero-order valence-electron chi connectivity index (χ0n) is 17.5. The predicted octanol–water partition coefficient (Wildman–Crippen LogP) is 5.05. The van der Waals surface area contributed by atoms with Crippen molar-refractivity contribution >= 4 is 0 Å². The molecule has 8 heteroatoms. The molecule has 1 unspecified atom stereocenters. The molecule has 31 heavy (non-hydrogen) atoms. The van der Waals surface area contributed by atoms with Gasteiger partial charge in [-0.3, -0.25) is 4.98 Å². The van der Waals surface area contributed by atoms with Crippen LogP contribution in [-0.2, 0) is 6.42 Å². The van der Waals surface area contributed by atoms with Gasteiger partial charge in [0.2, 0.25) is 5.89 Å². The Morgan fingerprint density at radius 1 is 1.16 bits per heavy atom. The Labute approximate surface area is 179 Å². The Bertz CT molecular complexity index is 1050. The number of hydrogen-bond acceptors (Lipinski definition) is 6. The summed E-state index contributed by atoms with van der Waals surface area (Å²) >= 11 is 0. The quantitative estimate of drug-likeness (QED) is 0.513. The Kier molecular flexibility index (Phi) is 6.18. The summed E-state index contributed by atoms with van der Waals surface area (Å²) in [4.78, 5) is 9.16. The number of hydrogen-bond donors (Lipinski definition) is 1. The Balaban J connectivity index is 1.65. The lowest BCUT2D eigenvalue weighted by molar-refractivity contribution is -0.0515. The molecule has 0 amide bonds. The average Bonchev–Trinajstić information content (AvgIpc) is 3.45. The highest BCUT2D eigenvalue weighted by Crippen LogP contribution is 2.37. The number of pyridine rings is 1. The second-order valence-corrected chi connectivity index (χ2v) is 7.86. The fourth-order valence-electron chi connectivity index (χ4n) is 3.28. The monoisotopic (exact) mass is 429 g/mol. The van der Waals surface area contributed by atoms with Crippen molar-refractivity contribution in [2.45, 2.75) is 45.8 Å².